The summed E-state index contributed by atoms with van der Waals surface area (Å²) >= 11 is 0. The number of rotatable bonds is 4. The second kappa shape index (κ2) is 5.81. The van der Waals surface area contributed by atoms with E-state index in [4.69, 9.17) is 0 Å². The number of nitrogens with zero attached hydrogens (tertiary/aromatic N) is 2. The Bertz CT molecular complexity index is 851. The standard InChI is InChI=1S/C16H18N2O4S/c1-11-5-7-12(8-6-11)23(21,22)10-13-15(16(19)20)14-4-2-3-9-18(14)17-13/h5-8H,2-4,9-10H2,1H3,(H,19,20). The van der Waals surface area contributed by atoms with Crippen LogP contribution in [0.2, 0.25) is 0 Å². The fraction of sp³-hybridized carbons (Fsp3) is 0.375. The van der Waals surface area contributed by atoms with E-state index in [0.717, 1.165) is 18.4 Å². The number of carboxylic acids is 1. The molecule has 2 heterocycles. The Hall–Kier alpha value is -2.15. The van der Waals surface area contributed by atoms with Crippen molar-refractivity contribution in [3.8, 4) is 0 Å². The molecule has 7 heteroatoms. The van der Waals surface area contributed by atoms with Crippen molar-refractivity contribution in [3.63, 3.8) is 0 Å². The molecule has 0 radical (unpaired) electrons. The van der Waals surface area contributed by atoms with Crippen LogP contribution in [-0.2, 0) is 28.6 Å². The first kappa shape index (κ1) is 15.7. The number of fused-ring (bicyclic) bond motifs is 1. The molecule has 6 nitrogen and oxygen atoms in total. The molecule has 0 saturated heterocycles. The molecule has 3 rings (SSSR count). The molecule has 1 aromatic carbocycles. The number of aryl methyl sites for hydroxylation is 2. The van der Waals surface area contributed by atoms with Gasteiger partial charge in [-0.15, -0.1) is 0 Å². The molecule has 0 aliphatic carbocycles. The van der Waals surface area contributed by atoms with Crippen LogP contribution in [0.15, 0.2) is 29.2 Å². The van der Waals surface area contributed by atoms with E-state index in [1.165, 1.54) is 0 Å². The van der Waals surface area contributed by atoms with Crippen molar-refractivity contribution < 1.29 is 18.3 Å². The number of carbonyl (C=O) groups is 1. The summed E-state index contributed by atoms with van der Waals surface area (Å²) in [6.07, 6.45) is 2.45. The van der Waals surface area contributed by atoms with Gasteiger partial charge in [0.1, 0.15) is 5.56 Å². The molecular weight excluding hydrogens is 316 g/mol. The summed E-state index contributed by atoms with van der Waals surface area (Å²) in [6, 6.07) is 6.54. The molecule has 0 unspecified atom stereocenters. The van der Waals surface area contributed by atoms with Crippen LogP contribution >= 0.6 is 0 Å². The number of hydrogen-bond acceptors (Lipinski definition) is 4. The fourth-order valence-corrected chi connectivity index (χ4v) is 4.18. The van der Waals surface area contributed by atoms with Crippen molar-refractivity contribution in [3.05, 3.63) is 46.8 Å². The van der Waals surface area contributed by atoms with E-state index in [1.54, 1.807) is 28.9 Å². The van der Waals surface area contributed by atoms with Crippen LogP contribution in [0.5, 0.6) is 0 Å². The largest absolute Gasteiger partial charge is 0.478 e. The summed E-state index contributed by atoms with van der Waals surface area (Å²) in [7, 11) is -3.62. The molecule has 0 bridgehead atoms. The van der Waals surface area contributed by atoms with Gasteiger partial charge in [0.25, 0.3) is 0 Å². The Morgan fingerprint density at radius 3 is 2.61 bits per heavy atom. The van der Waals surface area contributed by atoms with Crippen LogP contribution in [0, 0.1) is 6.92 Å². The molecule has 1 aliphatic rings. The van der Waals surface area contributed by atoms with Gasteiger partial charge in [-0.1, -0.05) is 17.7 Å². The van der Waals surface area contributed by atoms with Gasteiger partial charge < -0.3 is 5.11 Å². The molecular formula is C16H18N2O4S. The third kappa shape index (κ3) is 3.01. The molecule has 1 N–H and O–H groups in total. The van der Waals surface area contributed by atoms with Crippen LogP contribution in [0.1, 0.15) is 40.2 Å². The number of hydrogen-bond donors (Lipinski definition) is 1. The van der Waals surface area contributed by atoms with E-state index < -0.39 is 21.6 Å². The van der Waals surface area contributed by atoms with Crippen LogP contribution in [0.25, 0.3) is 0 Å². The van der Waals surface area contributed by atoms with Crippen molar-refractivity contribution >= 4 is 15.8 Å². The summed E-state index contributed by atoms with van der Waals surface area (Å²) < 4.78 is 26.8. The van der Waals surface area contributed by atoms with E-state index in [2.05, 4.69) is 5.10 Å². The summed E-state index contributed by atoms with van der Waals surface area (Å²) in [5, 5.41) is 13.7. The normalized spacial score (nSPS) is 14.5. The lowest BCUT2D eigenvalue weighted by molar-refractivity contribution is 0.0694. The van der Waals surface area contributed by atoms with Gasteiger partial charge in [0.2, 0.25) is 0 Å². The highest BCUT2D eigenvalue weighted by Gasteiger charge is 2.28. The highest BCUT2D eigenvalue weighted by Crippen LogP contribution is 2.25. The number of benzene rings is 1. The molecule has 122 valence electrons. The summed E-state index contributed by atoms with van der Waals surface area (Å²) in [4.78, 5) is 11.8. The average Bonchev–Trinajstić information content (AvgIpc) is 2.84. The van der Waals surface area contributed by atoms with Crippen LogP contribution in [-0.4, -0.2) is 29.3 Å². The van der Waals surface area contributed by atoms with Crippen molar-refractivity contribution in [2.45, 2.75) is 43.4 Å². The summed E-state index contributed by atoms with van der Waals surface area (Å²) in [5.41, 5.74) is 1.79. The smallest absolute Gasteiger partial charge is 0.339 e. The molecule has 2 aromatic rings. The maximum Gasteiger partial charge on any atom is 0.339 e. The molecule has 1 aliphatic heterocycles. The second-order valence-electron chi connectivity index (χ2n) is 5.83. The van der Waals surface area contributed by atoms with Crippen molar-refractivity contribution in [2.75, 3.05) is 0 Å². The van der Waals surface area contributed by atoms with Gasteiger partial charge in [-0.2, -0.15) is 5.10 Å². The Kier molecular flexibility index (Phi) is 3.97. The third-order valence-corrected chi connectivity index (χ3v) is 5.73. The molecule has 0 atom stereocenters. The minimum atomic E-state index is -3.62. The van der Waals surface area contributed by atoms with E-state index >= 15 is 0 Å². The van der Waals surface area contributed by atoms with Gasteiger partial charge in [0.05, 0.1) is 22.0 Å². The van der Waals surface area contributed by atoms with E-state index in [9.17, 15) is 18.3 Å². The number of aromatic nitrogens is 2. The first-order valence-electron chi connectivity index (χ1n) is 7.50. The zero-order valence-corrected chi connectivity index (χ0v) is 13.6. The minimum Gasteiger partial charge on any atom is -0.478 e. The van der Waals surface area contributed by atoms with Gasteiger partial charge in [-0.3, -0.25) is 4.68 Å². The second-order valence-corrected chi connectivity index (χ2v) is 7.82. The average molecular weight is 334 g/mol. The first-order chi connectivity index (χ1) is 10.9. The molecule has 0 saturated carbocycles. The topological polar surface area (TPSA) is 89.3 Å². The summed E-state index contributed by atoms with van der Waals surface area (Å²) in [5.74, 6) is -1.50. The minimum absolute atomic E-state index is 0.0559. The van der Waals surface area contributed by atoms with E-state index in [1.807, 2.05) is 6.92 Å². The quantitative estimate of drug-likeness (QED) is 0.926. The van der Waals surface area contributed by atoms with Gasteiger partial charge in [-0.25, -0.2) is 13.2 Å². The number of carboxylic acid groups (broad SMARTS) is 1. The Morgan fingerprint density at radius 1 is 1.26 bits per heavy atom. The highest BCUT2D eigenvalue weighted by atomic mass is 32.2. The zero-order chi connectivity index (χ0) is 16.6. The van der Waals surface area contributed by atoms with Crippen LogP contribution < -0.4 is 0 Å². The van der Waals surface area contributed by atoms with Gasteiger partial charge in [-0.05, 0) is 38.3 Å². The first-order valence-corrected chi connectivity index (χ1v) is 9.15. The molecule has 0 spiro atoms. The summed E-state index contributed by atoms with van der Waals surface area (Å²) in [6.45, 7) is 2.52. The Labute approximate surface area is 134 Å². The Morgan fingerprint density at radius 2 is 1.96 bits per heavy atom. The number of sulfone groups is 1. The molecule has 23 heavy (non-hydrogen) atoms. The molecule has 0 amide bonds. The van der Waals surface area contributed by atoms with Gasteiger partial charge >= 0.3 is 5.97 Å². The maximum atomic E-state index is 12.6. The fourth-order valence-electron chi connectivity index (χ4n) is 2.90. The van der Waals surface area contributed by atoms with E-state index in [0.29, 0.717) is 18.7 Å². The van der Waals surface area contributed by atoms with Crippen LogP contribution in [0.4, 0.5) is 0 Å². The lowest BCUT2D eigenvalue weighted by Crippen LogP contribution is -2.13. The molecule has 1 aromatic heterocycles. The van der Waals surface area contributed by atoms with E-state index in [-0.39, 0.29) is 16.2 Å². The maximum absolute atomic E-state index is 12.6. The predicted octanol–water partition coefficient (Wildman–Crippen LogP) is 2.20. The van der Waals surface area contributed by atoms with Crippen LogP contribution in [0.3, 0.4) is 0 Å². The lowest BCUT2D eigenvalue weighted by atomic mass is 10.1. The van der Waals surface area contributed by atoms with Crippen molar-refractivity contribution in [1.29, 1.82) is 0 Å². The third-order valence-electron chi connectivity index (χ3n) is 4.08. The number of aromatic carboxylic acids is 1. The van der Waals surface area contributed by atoms with Crippen molar-refractivity contribution in [2.24, 2.45) is 0 Å². The van der Waals surface area contributed by atoms with Crippen molar-refractivity contribution in [1.82, 2.24) is 9.78 Å². The SMILES string of the molecule is Cc1ccc(S(=O)(=O)Cc2nn3c(c2C(=O)O)CCCC3)cc1. The molecule has 0 fully saturated rings. The Balaban J connectivity index is 2.01. The predicted molar refractivity (Wildman–Crippen MR) is 84.2 cm³/mol. The zero-order valence-electron chi connectivity index (χ0n) is 12.8. The highest BCUT2D eigenvalue weighted by molar-refractivity contribution is 7.90. The lowest BCUT2D eigenvalue weighted by Gasteiger charge is -2.13. The monoisotopic (exact) mass is 334 g/mol. The van der Waals surface area contributed by atoms with Gasteiger partial charge in [0.15, 0.2) is 9.84 Å². The van der Waals surface area contributed by atoms with Gasteiger partial charge in [0, 0.05) is 6.54 Å².